The predicted octanol–water partition coefficient (Wildman–Crippen LogP) is 4.97. The molecule has 124 valence electrons. The summed E-state index contributed by atoms with van der Waals surface area (Å²) in [5.74, 6) is 0.230. The highest BCUT2D eigenvalue weighted by molar-refractivity contribution is 7.98. The number of rotatable bonds is 7. The maximum absolute atomic E-state index is 13.3. The molecule has 0 saturated heterocycles. The third kappa shape index (κ3) is 3.96. The van der Waals surface area contributed by atoms with Gasteiger partial charge in [0.25, 0.3) is 0 Å². The summed E-state index contributed by atoms with van der Waals surface area (Å²) < 4.78 is 0. The van der Waals surface area contributed by atoms with Crippen LogP contribution in [0.15, 0.2) is 53.0 Å². The Morgan fingerprint density at radius 2 is 1.96 bits per heavy atom. The fraction of sp³-hybridized carbons (Fsp3) is 0.450. The number of hydrogen-bond acceptors (Lipinski definition) is 3. The molecule has 1 atom stereocenters. The lowest BCUT2D eigenvalue weighted by Gasteiger charge is -2.39. The van der Waals surface area contributed by atoms with Gasteiger partial charge in [-0.05, 0) is 58.2 Å². The second kappa shape index (κ2) is 7.98. The molecule has 0 aromatic heterocycles. The SMILES string of the molecule is CCC(CC1=CC=CCC1)(C(=O)c1ccc(SC)cc1)N(C)C. The minimum atomic E-state index is -0.460. The van der Waals surface area contributed by atoms with E-state index in [0.29, 0.717) is 0 Å². The Labute approximate surface area is 144 Å². The van der Waals surface area contributed by atoms with Crippen molar-refractivity contribution in [3.05, 3.63) is 53.6 Å². The van der Waals surface area contributed by atoms with Crippen molar-refractivity contribution in [3.8, 4) is 0 Å². The first-order valence-electron chi connectivity index (χ1n) is 8.24. The first kappa shape index (κ1) is 18.0. The van der Waals surface area contributed by atoms with Crippen molar-refractivity contribution in [3.63, 3.8) is 0 Å². The number of carbonyl (C=O) groups excluding carboxylic acids is 1. The van der Waals surface area contributed by atoms with E-state index in [1.807, 2.05) is 38.4 Å². The molecule has 0 aliphatic heterocycles. The quantitative estimate of drug-likeness (QED) is 0.520. The molecule has 0 radical (unpaired) electrons. The molecular formula is C20H27NOS. The van der Waals surface area contributed by atoms with E-state index in [9.17, 15) is 4.79 Å². The molecule has 2 rings (SSSR count). The lowest BCUT2D eigenvalue weighted by molar-refractivity contribution is 0.0664. The van der Waals surface area contributed by atoms with E-state index in [1.165, 1.54) is 10.5 Å². The predicted molar refractivity (Wildman–Crippen MR) is 100 cm³/mol. The summed E-state index contributed by atoms with van der Waals surface area (Å²) in [7, 11) is 4.05. The number of thioether (sulfide) groups is 1. The van der Waals surface area contributed by atoms with Gasteiger partial charge in [-0.25, -0.2) is 0 Å². The number of Topliss-reactive ketones (excluding diaryl/α,β-unsaturated/α-hetero) is 1. The zero-order valence-electron chi connectivity index (χ0n) is 14.6. The van der Waals surface area contributed by atoms with Crippen LogP contribution in [0, 0.1) is 0 Å². The highest BCUT2D eigenvalue weighted by Gasteiger charge is 2.39. The number of allylic oxidation sites excluding steroid dienone is 3. The molecule has 0 N–H and O–H groups in total. The highest BCUT2D eigenvalue weighted by Crippen LogP contribution is 2.33. The van der Waals surface area contributed by atoms with Crippen LogP contribution in [-0.2, 0) is 0 Å². The molecule has 1 unspecified atom stereocenters. The third-order valence-electron chi connectivity index (χ3n) is 4.84. The van der Waals surface area contributed by atoms with E-state index >= 15 is 0 Å². The maximum Gasteiger partial charge on any atom is 0.183 e. The van der Waals surface area contributed by atoms with Crippen LogP contribution in [0.1, 0.15) is 43.0 Å². The summed E-state index contributed by atoms with van der Waals surface area (Å²) >= 11 is 1.70. The lowest BCUT2D eigenvalue weighted by Crippen LogP contribution is -2.51. The van der Waals surface area contributed by atoms with E-state index in [1.54, 1.807) is 11.8 Å². The van der Waals surface area contributed by atoms with Crippen LogP contribution in [0.4, 0.5) is 0 Å². The zero-order chi connectivity index (χ0) is 16.9. The molecule has 3 heteroatoms. The molecule has 0 bridgehead atoms. The Kier molecular flexibility index (Phi) is 6.25. The van der Waals surface area contributed by atoms with Gasteiger partial charge in [0, 0.05) is 10.5 Å². The van der Waals surface area contributed by atoms with Gasteiger partial charge in [0.15, 0.2) is 5.78 Å². The molecule has 0 heterocycles. The lowest BCUT2D eigenvalue weighted by atomic mass is 9.78. The smallest absolute Gasteiger partial charge is 0.183 e. The first-order chi connectivity index (χ1) is 11.0. The van der Waals surface area contributed by atoms with Crippen molar-refractivity contribution in [2.45, 2.75) is 43.0 Å². The Balaban J connectivity index is 2.33. The molecular weight excluding hydrogens is 302 g/mol. The topological polar surface area (TPSA) is 20.3 Å². The van der Waals surface area contributed by atoms with Crippen LogP contribution in [0.3, 0.4) is 0 Å². The monoisotopic (exact) mass is 329 g/mol. The average Bonchev–Trinajstić information content (AvgIpc) is 2.60. The third-order valence-corrected chi connectivity index (χ3v) is 5.58. The number of nitrogens with zero attached hydrogens (tertiary/aromatic N) is 1. The van der Waals surface area contributed by atoms with Crippen LogP contribution >= 0.6 is 11.8 Å². The molecule has 1 aliphatic rings. The van der Waals surface area contributed by atoms with E-state index in [4.69, 9.17) is 0 Å². The standard InChI is InChI=1S/C20H27NOS/c1-5-20(21(2)3,15-16-9-7-6-8-10-16)19(22)17-11-13-18(23-4)14-12-17/h6-7,9,11-14H,5,8,10,15H2,1-4H3. The van der Waals surface area contributed by atoms with Crippen molar-refractivity contribution in [1.29, 1.82) is 0 Å². The largest absolute Gasteiger partial charge is 0.297 e. The summed E-state index contributed by atoms with van der Waals surface area (Å²) in [4.78, 5) is 16.6. The molecule has 0 saturated carbocycles. The molecule has 0 fully saturated rings. The normalized spacial score (nSPS) is 17.0. The maximum atomic E-state index is 13.3. The summed E-state index contributed by atoms with van der Waals surface area (Å²) in [5, 5.41) is 0. The van der Waals surface area contributed by atoms with Crippen LogP contribution in [0.2, 0.25) is 0 Å². The van der Waals surface area contributed by atoms with Crippen LogP contribution < -0.4 is 0 Å². The number of benzene rings is 1. The van der Waals surface area contributed by atoms with Crippen molar-refractivity contribution in [1.82, 2.24) is 4.90 Å². The van der Waals surface area contributed by atoms with Gasteiger partial charge in [0.1, 0.15) is 0 Å². The minimum Gasteiger partial charge on any atom is -0.297 e. The Hall–Kier alpha value is -1.32. The van der Waals surface area contributed by atoms with Gasteiger partial charge in [-0.15, -0.1) is 11.8 Å². The van der Waals surface area contributed by atoms with E-state index in [-0.39, 0.29) is 5.78 Å². The van der Waals surface area contributed by atoms with Crippen molar-refractivity contribution in [2.75, 3.05) is 20.4 Å². The second-order valence-electron chi connectivity index (χ2n) is 6.31. The average molecular weight is 330 g/mol. The van der Waals surface area contributed by atoms with E-state index in [0.717, 1.165) is 31.2 Å². The van der Waals surface area contributed by atoms with Crippen LogP contribution in [-0.4, -0.2) is 36.6 Å². The second-order valence-corrected chi connectivity index (χ2v) is 7.19. The Morgan fingerprint density at radius 1 is 1.26 bits per heavy atom. The minimum absolute atomic E-state index is 0.230. The van der Waals surface area contributed by atoms with Crippen LogP contribution in [0.5, 0.6) is 0 Å². The number of ketones is 1. The summed E-state index contributed by atoms with van der Waals surface area (Å²) in [6, 6.07) is 8.02. The molecule has 2 nitrogen and oxygen atoms in total. The summed E-state index contributed by atoms with van der Waals surface area (Å²) in [6.45, 7) is 2.12. The summed E-state index contributed by atoms with van der Waals surface area (Å²) in [6.07, 6.45) is 12.3. The van der Waals surface area contributed by atoms with Gasteiger partial charge in [-0.2, -0.15) is 0 Å². The number of carbonyl (C=O) groups is 1. The molecule has 0 amide bonds. The van der Waals surface area contributed by atoms with Gasteiger partial charge < -0.3 is 0 Å². The van der Waals surface area contributed by atoms with Crippen molar-refractivity contribution >= 4 is 17.5 Å². The highest BCUT2D eigenvalue weighted by atomic mass is 32.2. The van der Waals surface area contributed by atoms with E-state index < -0.39 is 5.54 Å². The van der Waals surface area contributed by atoms with Gasteiger partial charge in [0.2, 0.25) is 0 Å². The molecule has 1 aromatic rings. The Morgan fingerprint density at radius 3 is 2.43 bits per heavy atom. The van der Waals surface area contributed by atoms with Gasteiger partial charge in [0.05, 0.1) is 5.54 Å². The van der Waals surface area contributed by atoms with Crippen molar-refractivity contribution in [2.24, 2.45) is 0 Å². The van der Waals surface area contributed by atoms with Gasteiger partial charge in [-0.1, -0.05) is 42.9 Å². The van der Waals surface area contributed by atoms with Gasteiger partial charge in [-0.3, -0.25) is 9.69 Å². The van der Waals surface area contributed by atoms with Crippen molar-refractivity contribution < 1.29 is 4.79 Å². The zero-order valence-corrected chi connectivity index (χ0v) is 15.5. The Bertz CT molecular complexity index is 601. The fourth-order valence-electron chi connectivity index (χ4n) is 3.23. The molecule has 0 spiro atoms. The fourth-order valence-corrected chi connectivity index (χ4v) is 3.64. The molecule has 1 aromatic carbocycles. The first-order valence-corrected chi connectivity index (χ1v) is 9.47. The number of hydrogen-bond donors (Lipinski definition) is 0. The van der Waals surface area contributed by atoms with Gasteiger partial charge >= 0.3 is 0 Å². The molecule has 23 heavy (non-hydrogen) atoms. The van der Waals surface area contributed by atoms with Crippen LogP contribution in [0.25, 0.3) is 0 Å². The molecule has 1 aliphatic carbocycles. The number of likely N-dealkylation sites (N-methyl/N-ethyl adjacent to an activating group) is 1. The van der Waals surface area contributed by atoms with E-state index in [2.05, 4.69) is 36.3 Å². The summed E-state index contributed by atoms with van der Waals surface area (Å²) in [5.41, 5.74) is 1.72.